The minimum Gasteiger partial charge on any atom is -0.380 e. The maximum absolute atomic E-state index is 5.30. The van der Waals surface area contributed by atoms with Crippen molar-refractivity contribution < 1.29 is 4.74 Å². The summed E-state index contributed by atoms with van der Waals surface area (Å²) in [5.74, 6) is 1.32. The number of aliphatic imine (C=N–C) groups is 1. The molecule has 0 spiro atoms. The Bertz CT molecular complexity index is 482. The van der Waals surface area contributed by atoms with Gasteiger partial charge in [-0.3, -0.25) is 4.99 Å². The molecule has 1 fully saturated rings. The molecule has 0 radical (unpaired) electrons. The van der Waals surface area contributed by atoms with Crippen LogP contribution in [-0.4, -0.2) is 38.3 Å². The molecular weight excluding hydrogens is 274 g/mol. The minimum atomic E-state index is 0.205. The highest BCUT2D eigenvalue weighted by molar-refractivity contribution is 5.80. The summed E-state index contributed by atoms with van der Waals surface area (Å²) in [6.07, 6.45) is 0. The van der Waals surface area contributed by atoms with E-state index in [9.17, 15) is 0 Å². The summed E-state index contributed by atoms with van der Waals surface area (Å²) in [6.45, 7) is 12.1. The van der Waals surface area contributed by atoms with Crippen molar-refractivity contribution in [1.82, 2.24) is 10.6 Å². The van der Waals surface area contributed by atoms with Gasteiger partial charge in [-0.05, 0) is 19.4 Å². The fourth-order valence-corrected chi connectivity index (χ4v) is 2.52. The Morgan fingerprint density at radius 2 is 1.95 bits per heavy atom. The Labute approximate surface area is 134 Å². The zero-order chi connectivity index (χ0) is 16.0. The highest BCUT2D eigenvalue weighted by Crippen LogP contribution is 2.26. The molecule has 2 N–H and O–H groups in total. The van der Waals surface area contributed by atoms with Gasteiger partial charge in [-0.1, -0.05) is 44.2 Å². The number of ether oxygens (including phenoxy) is 1. The molecule has 1 saturated heterocycles. The van der Waals surface area contributed by atoms with Gasteiger partial charge in [0.1, 0.15) is 0 Å². The normalized spacial score (nSPS) is 19.9. The highest BCUT2D eigenvalue weighted by Gasteiger charge is 2.33. The fraction of sp³-hybridized carbons (Fsp3) is 0.611. The van der Waals surface area contributed by atoms with Crippen molar-refractivity contribution in [2.75, 3.05) is 26.3 Å². The van der Waals surface area contributed by atoms with E-state index in [2.05, 4.69) is 68.7 Å². The number of hydrogen-bond acceptors (Lipinski definition) is 2. The first kappa shape index (κ1) is 16.8. The molecule has 0 amide bonds. The van der Waals surface area contributed by atoms with Gasteiger partial charge in [-0.15, -0.1) is 0 Å². The minimum absolute atomic E-state index is 0.205. The van der Waals surface area contributed by atoms with E-state index in [1.807, 2.05) is 0 Å². The van der Waals surface area contributed by atoms with Gasteiger partial charge in [0.15, 0.2) is 5.96 Å². The molecule has 4 nitrogen and oxygen atoms in total. The van der Waals surface area contributed by atoms with Crippen LogP contribution in [-0.2, 0) is 4.74 Å². The van der Waals surface area contributed by atoms with Crippen LogP contribution >= 0.6 is 0 Å². The molecule has 1 heterocycles. The number of nitrogens with one attached hydrogen (secondary N) is 2. The van der Waals surface area contributed by atoms with Crippen LogP contribution in [0.3, 0.4) is 0 Å². The Morgan fingerprint density at radius 1 is 1.27 bits per heavy atom. The van der Waals surface area contributed by atoms with E-state index in [1.165, 1.54) is 5.56 Å². The molecule has 1 aromatic rings. The second-order valence-electron chi connectivity index (χ2n) is 6.63. The van der Waals surface area contributed by atoms with E-state index in [4.69, 9.17) is 9.73 Å². The van der Waals surface area contributed by atoms with Crippen molar-refractivity contribution in [3.63, 3.8) is 0 Å². The Kier molecular flexibility index (Phi) is 5.83. The largest absolute Gasteiger partial charge is 0.380 e. The van der Waals surface area contributed by atoms with Crippen molar-refractivity contribution in [3.8, 4) is 0 Å². The summed E-state index contributed by atoms with van der Waals surface area (Å²) in [6, 6.07) is 10.9. The predicted octanol–water partition coefficient (Wildman–Crippen LogP) is 2.77. The van der Waals surface area contributed by atoms with Crippen molar-refractivity contribution in [2.24, 2.45) is 10.4 Å². The molecule has 2 unspecified atom stereocenters. The van der Waals surface area contributed by atoms with Crippen LogP contribution in [0.25, 0.3) is 0 Å². The van der Waals surface area contributed by atoms with Crippen molar-refractivity contribution >= 4 is 5.96 Å². The Morgan fingerprint density at radius 3 is 2.50 bits per heavy atom. The van der Waals surface area contributed by atoms with Gasteiger partial charge in [-0.2, -0.15) is 0 Å². The Balaban J connectivity index is 1.95. The van der Waals surface area contributed by atoms with Gasteiger partial charge in [-0.25, -0.2) is 0 Å². The van der Waals surface area contributed by atoms with E-state index < -0.39 is 0 Å². The van der Waals surface area contributed by atoms with Gasteiger partial charge in [0, 0.05) is 23.9 Å². The maximum Gasteiger partial charge on any atom is 0.191 e. The number of hydrogen-bond donors (Lipinski definition) is 2. The van der Waals surface area contributed by atoms with Crippen LogP contribution in [0.1, 0.15) is 39.2 Å². The third-order valence-electron chi connectivity index (χ3n) is 4.30. The van der Waals surface area contributed by atoms with Crippen LogP contribution in [0.5, 0.6) is 0 Å². The first-order chi connectivity index (χ1) is 10.5. The number of rotatable bonds is 6. The summed E-state index contributed by atoms with van der Waals surface area (Å²) in [5.41, 5.74) is 1.55. The maximum atomic E-state index is 5.30. The smallest absolute Gasteiger partial charge is 0.191 e. The second kappa shape index (κ2) is 7.63. The first-order valence-corrected chi connectivity index (χ1v) is 8.21. The number of guanidine groups is 1. The van der Waals surface area contributed by atoms with Crippen LogP contribution in [0, 0.1) is 5.41 Å². The van der Waals surface area contributed by atoms with E-state index in [0.717, 1.165) is 32.3 Å². The Hall–Kier alpha value is -1.55. The summed E-state index contributed by atoms with van der Waals surface area (Å²) < 4.78 is 5.30. The molecule has 0 aromatic heterocycles. The van der Waals surface area contributed by atoms with Crippen LogP contribution in [0.15, 0.2) is 35.3 Å². The average Bonchev–Trinajstić information content (AvgIpc) is 2.51. The summed E-state index contributed by atoms with van der Waals surface area (Å²) >= 11 is 0. The van der Waals surface area contributed by atoms with Crippen LogP contribution < -0.4 is 10.6 Å². The van der Waals surface area contributed by atoms with E-state index in [-0.39, 0.29) is 5.41 Å². The molecule has 2 atom stereocenters. The third-order valence-corrected chi connectivity index (χ3v) is 4.30. The van der Waals surface area contributed by atoms with E-state index >= 15 is 0 Å². The van der Waals surface area contributed by atoms with Gasteiger partial charge in [0.25, 0.3) is 0 Å². The topological polar surface area (TPSA) is 45.7 Å². The molecule has 22 heavy (non-hydrogen) atoms. The second-order valence-corrected chi connectivity index (χ2v) is 6.63. The lowest BCUT2D eigenvalue weighted by Crippen LogP contribution is -2.47. The lowest BCUT2D eigenvalue weighted by molar-refractivity contribution is -0.0945. The van der Waals surface area contributed by atoms with E-state index in [0.29, 0.717) is 12.0 Å². The van der Waals surface area contributed by atoms with Gasteiger partial charge >= 0.3 is 0 Å². The SMILES string of the molecule is CCNC(=NCC1(C)COC1)NC(C)C(C)c1ccccc1. The number of benzene rings is 1. The molecule has 4 heteroatoms. The summed E-state index contributed by atoms with van der Waals surface area (Å²) in [5, 5.41) is 6.87. The molecule has 1 aliphatic heterocycles. The van der Waals surface area contributed by atoms with Crippen molar-refractivity contribution in [3.05, 3.63) is 35.9 Å². The van der Waals surface area contributed by atoms with Gasteiger partial charge in [0.2, 0.25) is 0 Å². The van der Waals surface area contributed by atoms with Gasteiger partial charge < -0.3 is 15.4 Å². The zero-order valence-corrected chi connectivity index (χ0v) is 14.2. The molecule has 2 rings (SSSR count). The number of nitrogens with zero attached hydrogens (tertiary/aromatic N) is 1. The van der Waals surface area contributed by atoms with Crippen LogP contribution in [0.2, 0.25) is 0 Å². The molecule has 0 bridgehead atoms. The molecular formula is C18H29N3O. The summed E-state index contributed by atoms with van der Waals surface area (Å²) in [7, 11) is 0. The standard InChI is InChI=1S/C18H29N3O/c1-5-19-17(20-11-18(4)12-22-13-18)21-15(3)14(2)16-9-7-6-8-10-16/h6-10,14-15H,5,11-13H2,1-4H3,(H2,19,20,21). The van der Waals surface area contributed by atoms with Gasteiger partial charge in [0.05, 0.1) is 19.8 Å². The molecule has 0 saturated carbocycles. The highest BCUT2D eigenvalue weighted by atomic mass is 16.5. The van der Waals surface area contributed by atoms with Crippen LogP contribution in [0.4, 0.5) is 0 Å². The first-order valence-electron chi connectivity index (χ1n) is 8.21. The monoisotopic (exact) mass is 303 g/mol. The zero-order valence-electron chi connectivity index (χ0n) is 14.2. The predicted molar refractivity (Wildman–Crippen MR) is 92.4 cm³/mol. The average molecular weight is 303 g/mol. The van der Waals surface area contributed by atoms with Crippen molar-refractivity contribution in [2.45, 2.75) is 39.7 Å². The lowest BCUT2D eigenvalue weighted by Gasteiger charge is -2.36. The molecule has 122 valence electrons. The quantitative estimate of drug-likeness (QED) is 0.627. The molecule has 0 aliphatic carbocycles. The third kappa shape index (κ3) is 4.47. The fourth-order valence-electron chi connectivity index (χ4n) is 2.52. The van der Waals surface area contributed by atoms with Crippen molar-refractivity contribution in [1.29, 1.82) is 0 Å². The molecule has 1 aliphatic rings. The molecule has 1 aromatic carbocycles. The lowest BCUT2D eigenvalue weighted by atomic mass is 9.89. The summed E-state index contributed by atoms with van der Waals surface area (Å²) in [4.78, 5) is 4.74. The van der Waals surface area contributed by atoms with E-state index in [1.54, 1.807) is 0 Å².